The predicted octanol–water partition coefficient (Wildman–Crippen LogP) is 24.9. The molecular formula is C75H138O6. The zero-order chi connectivity index (χ0) is 58.5. The minimum absolute atomic E-state index is 0.0659. The molecule has 0 aliphatic heterocycles. The summed E-state index contributed by atoms with van der Waals surface area (Å²) in [7, 11) is 0. The SMILES string of the molecule is CC/C=C\C/C=C\C/C=C\C/C=C\CCCCCCCCCCCCCCCCCCCCCCC(=O)OCC(COC(=O)CCCCCCCC)OC(=O)CCCCCCCCCCCCCCCCCCCCCCCCCC. The highest BCUT2D eigenvalue weighted by molar-refractivity contribution is 5.71. The van der Waals surface area contributed by atoms with Gasteiger partial charge in [-0.1, -0.05) is 365 Å². The summed E-state index contributed by atoms with van der Waals surface area (Å²) in [5, 5.41) is 0. The second-order valence-corrected chi connectivity index (χ2v) is 24.5. The van der Waals surface area contributed by atoms with E-state index in [4.69, 9.17) is 14.2 Å². The first-order valence-electron chi connectivity index (χ1n) is 36.1. The van der Waals surface area contributed by atoms with Crippen molar-refractivity contribution < 1.29 is 28.6 Å². The molecule has 6 heteroatoms. The van der Waals surface area contributed by atoms with Crippen molar-refractivity contribution in [1.82, 2.24) is 0 Å². The third kappa shape index (κ3) is 68.0. The molecule has 474 valence electrons. The third-order valence-electron chi connectivity index (χ3n) is 16.3. The van der Waals surface area contributed by atoms with Crippen molar-refractivity contribution in [2.45, 2.75) is 399 Å². The average Bonchev–Trinajstić information content (AvgIpc) is 3.47. The zero-order valence-electron chi connectivity index (χ0n) is 54.6. The van der Waals surface area contributed by atoms with Crippen LogP contribution in [0.4, 0.5) is 0 Å². The highest BCUT2D eigenvalue weighted by Gasteiger charge is 2.19. The Morgan fingerprint density at radius 2 is 0.481 bits per heavy atom. The number of hydrogen-bond donors (Lipinski definition) is 0. The standard InChI is InChI=1S/C75H138O6/c1-4-7-10-13-16-18-20-22-24-26-28-30-32-34-35-36-37-38-39-40-41-42-44-45-47-49-51-53-55-57-59-62-65-68-74(77)80-71-72(70-79-73(76)67-64-61-15-12-9-6-3)81-75(78)69-66-63-60-58-56-54-52-50-48-46-43-33-31-29-27-25-23-21-19-17-14-11-8-5-2/h7,10,16,18,22,24,28,30,72H,4-6,8-9,11-15,17,19-21,23,25-27,29,31-71H2,1-3H3/b10-7-,18-16-,24-22-,30-28-. The van der Waals surface area contributed by atoms with Crippen LogP contribution in [0, 0.1) is 0 Å². The van der Waals surface area contributed by atoms with Crippen LogP contribution in [0.3, 0.4) is 0 Å². The van der Waals surface area contributed by atoms with Crippen molar-refractivity contribution in [1.29, 1.82) is 0 Å². The average molecular weight is 1140 g/mol. The molecule has 0 radical (unpaired) electrons. The fourth-order valence-electron chi connectivity index (χ4n) is 11.0. The van der Waals surface area contributed by atoms with Crippen LogP contribution >= 0.6 is 0 Å². The minimum atomic E-state index is -0.766. The lowest BCUT2D eigenvalue weighted by Crippen LogP contribution is -2.30. The first-order chi connectivity index (χ1) is 40.0. The zero-order valence-corrected chi connectivity index (χ0v) is 54.6. The van der Waals surface area contributed by atoms with Crippen molar-refractivity contribution in [3.05, 3.63) is 48.6 Å². The summed E-state index contributed by atoms with van der Waals surface area (Å²) in [5.74, 6) is -0.847. The minimum Gasteiger partial charge on any atom is -0.462 e. The Labute approximate surface area is 505 Å². The maximum atomic E-state index is 12.9. The molecule has 81 heavy (non-hydrogen) atoms. The normalized spacial score (nSPS) is 12.3. The lowest BCUT2D eigenvalue weighted by molar-refractivity contribution is -0.167. The van der Waals surface area contributed by atoms with E-state index in [-0.39, 0.29) is 31.1 Å². The molecule has 0 spiro atoms. The van der Waals surface area contributed by atoms with E-state index in [1.54, 1.807) is 0 Å². The lowest BCUT2D eigenvalue weighted by atomic mass is 10.0. The van der Waals surface area contributed by atoms with E-state index in [9.17, 15) is 14.4 Å². The van der Waals surface area contributed by atoms with Crippen LogP contribution in [0.15, 0.2) is 48.6 Å². The van der Waals surface area contributed by atoms with Crippen LogP contribution in [0.5, 0.6) is 0 Å². The molecule has 0 N–H and O–H groups in total. The molecule has 0 bridgehead atoms. The second-order valence-electron chi connectivity index (χ2n) is 24.5. The number of carbonyl (C=O) groups is 3. The Kier molecular flexibility index (Phi) is 67.6. The van der Waals surface area contributed by atoms with Gasteiger partial charge in [0.15, 0.2) is 6.10 Å². The number of allylic oxidation sites excluding steroid dienone is 8. The van der Waals surface area contributed by atoms with Crippen LogP contribution in [0.25, 0.3) is 0 Å². The Morgan fingerprint density at radius 3 is 0.753 bits per heavy atom. The van der Waals surface area contributed by atoms with Gasteiger partial charge >= 0.3 is 17.9 Å². The number of unbranched alkanes of at least 4 members (excludes halogenated alkanes) is 48. The van der Waals surface area contributed by atoms with Crippen molar-refractivity contribution in [3.63, 3.8) is 0 Å². The van der Waals surface area contributed by atoms with E-state index < -0.39 is 6.10 Å². The van der Waals surface area contributed by atoms with Crippen LogP contribution in [-0.2, 0) is 28.6 Å². The van der Waals surface area contributed by atoms with Gasteiger partial charge in [-0.25, -0.2) is 0 Å². The predicted molar refractivity (Wildman–Crippen MR) is 353 cm³/mol. The van der Waals surface area contributed by atoms with Crippen molar-refractivity contribution in [2.75, 3.05) is 13.2 Å². The molecule has 0 aromatic rings. The van der Waals surface area contributed by atoms with Gasteiger partial charge < -0.3 is 14.2 Å². The molecule has 0 amide bonds. The largest absolute Gasteiger partial charge is 0.462 e. The van der Waals surface area contributed by atoms with Gasteiger partial charge in [-0.15, -0.1) is 0 Å². The molecule has 6 nitrogen and oxygen atoms in total. The van der Waals surface area contributed by atoms with Crippen LogP contribution < -0.4 is 0 Å². The number of carbonyl (C=O) groups excluding carboxylic acids is 3. The second kappa shape index (κ2) is 69.9. The molecule has 0 aromatic carbocycles. The number of esters is 3. The molecular weight excluding hydrogens is 997 g/mol. The monoisotopic (exact) mass is 1140 g/mol. The fourth-order valence-corrected chi connectivity index (χ4v) is 11.0. The molecule has 0 aromatic heterocycles. The highest BCUT2D eigenvalue weighted by atomic mass is 16.6. The van der Waals surface area contributed by atoms with E-state index in [0.29, 0.717) is 19.3 Å². The summed E-state index contributed by atoms with van der Waals surface area (Å²) in [4.78, 5) is 38.1. The van der Waals surface area contributed by atoms with Crippen molar-refractivity contribution in [2.24, 2.45) is 0 Å². The van der Waals surface area contributed by atoms with Crippen LogP contribution in [-0.4, -0.2) is 37.2 Å². The van der Waals surface area contributed by atoms with E-state index in [1.165, 1.54) is 270 Å². The van der Waals surface area contributed by atoms with Gasteiger partial charge in [-0.2, -0.15) is 0 Å². The molecule has 0 saturated carbocycles. The molecule has 1 unspecified atom stereocenters. The Balaban J connectivity index is 3.93. The van der Waals surface area contributed by atoms with Crippen LogP contribution in [0.1, 0.15) is 393 Å². The number of rotatable bonds is 67. The Bertz CT molecular complexity index is 1400. The first-order valence-corrected chi connectivity index (χ1v) is 36.1. The smallest absolute Gasteiger partial charge is 0.306 e. The van der Waals surface area contributed by atoms with Gasteiger partial charge in [0.2, 0.25) is 0 Å². The highest BCUT2D eigenvalue weighted by Crippen LogP contribution is 2.19. The van der Waals surface area contributed by atoms with E-state index in [2.05, 4.69) is 69.4 Å². The topological polar surface area (TPSA) is 78.9 Å². The summed E-state index contributed by atoms with van der Waals surface area (Å²) < 4.78 is 16.9. The van der Waals surface area contributed by atoms with Gasteiger partial charge in [0, 0.05) is 19.3 Å². The van der Waals surface area contributed by atoms with Gasteiger partial charge in [0.1, 0.15) is 13.2 Å². The fraction of sp³-hybridized carbons (Fsp3) is 0.853. The lowest BCUT2D eigenvalue weighted by Gasteiger charge is -2.18. The van der Waals surface area contributed by atoms with Crippen molar-refractivity contribution in [3.8, 4) is 0 Å². The van der Waals surface area contributed by atoms with Gasteiger partial charge in [-0.3, -0.25) is 14.4 Å². The van der Waals surface area contributed by atoms with Crippen LogP contribution in [0.2, 0.25) is 0 Å². The number of ether oxygens (including phenoxy) is 3. The summed E-state index contributed by atoms with van der Waals surface area (Å²) in [6.45, 7) is 6.54. The Morgan fingerprint density at radius 1 is 0.259 bits per heavy atom. The van der Waals surface area contributed by atoms with E-state index in [1.807, 2.05) is 0 Å². The quantitative estimate of drug-likeness (QED) is 0.0261. The van der Waals surface area contributed by atoms with E-state index in [0.717, 1.165) is 83.5 Å². The van der Waals surface area contributed by atoms with Crippen molar-refractivity contribution >= 4 is 17.9 Å². The molecule has 0 aliphatic rings. The first kappa shape index (κ1) is 78.4. The molecule has 0 fully saturated rings. The third-order valence-corrected chi connectivity index (χ3v) is 16.3. The summed E-state index contributed by atoms with van der Waals surface area (Å²) in [6, 6.07) is 0. The maximum Gasteiger partial charge on any atom is 0.306 e. The van der Waals surface area contributed by atoms with E-state index >= 15 is 0 Å². The number of hydrogen-bond acceptors (Lipinski definition) is 6. The summed E-state index contributed by atoms with van der Waals surface area (Å²) >= 11 is 0. The molecule has 1 atom stereocenters. The summed E-state index contributed by atoms with van der Waals surface area (Å²) in [6.07, 6.45) is 89.1. The molecule has 0 aliphatic carbocycles. The molecule has 0 rings (SSSR count). The van der Waals surface area contributed by atoms with Gasteiger partial charge in [0.25, 0.3) is 0 Å². The molecule has 0 saturated heterocycles. The maximum absolute atomic E-state index is 12.9. The van der Waals surface area contributed by atoms with Gasteiger partial charge in [0.05, 0.1) is 0 Å². The Hall–Kier alpha value is -2.63. The van der Waals surface area contributed by atoms with Gasteiger partial charge in [-0.05, 0) is 57.8 Å². The molecule has 0 heterocycles. The summed E-state index contributed by atoms with van der Waals surface area (Å²) in [5.41, 5.74) is 0.